The van der Waals surface area contributed by atoms with E-state index in [4.69, 9.17) is 4.42 Å². The Morgan fingerprint density at radius 1 is 1.28 bits per heavy atom. The molecular weight excluding hydrogens is 226 g/mol. The highest BCUT2D eigenvalue weighted by Crippen LogP contribution is 2.14. The molecule has 0 atom stereocenters. The molecule has 2 heterocycles. The molecule has 18 heavy (non-hydrogen) atoms. The van der Waals surface area contributed by atoms with E-state index in [-0.39, 0.29) is 0 Å². The molecule has 1 aliphatic heterocycles. The van der Waals surface area contributed by atoms with Crippen LogP contribution in [0.1, 0.15) is 25.2 Å². The lowest BCUT2D eigenvalue weighted by molar-refractivity contribution is 0.147. The Morgan fingerprint density at radius 3 is 2.67 bits per heavy atom. The summed E-state index contributed by atoms with van der Waals surface area (Å²) >= 11 is 0. The molecule has 1 aliphatic rings. The maximum Gasteiger partial charge on any atom is 0.122 e. The van der Waals surface area contributed by atoms with Gasteiger partial charge in [-0.05, 0) is 13.1 Å². The van der Waals surface area contributed by atoms with Gasteiger partial charge in [-0.2, -0.15) is 0 Å². The number of nitrogens with one attached hydrogen (secondary N) is 1. The van der Waals surface area contributed by atoms with Crippen LogP contribution in [0.3, 0.4) is 0 Å². The molecule has 0 radical (unpaired) electrons. The number of piperazine rings is 1. The fraction of sp³-hybridized carbons (Fsp3) is 0.714. The van der Waals surface area contributed by atoms with Gasteiger partial charge in [0.05, 0.1) is 12.8 Å². The highest BCUT2D eigenvalue weighted by molar-refractivity contribution is 5.17. The van der Waals surface area contributed by atoms with Crippen molar-refractivity contribution in [3.05, 3.63) is 23.7 Å². The SMILES string of the molecule is CC(C)NCc1occc1CN1CCN(C)CC1. The van der Waals surface area contributed by atoms with E-state index in [1.807, 2.05) is 6.26 Å². The van der Waals surface area contributed by atoms with Gasteiger partial charge >= 0.3 is 0 Å². The molecule has 0 aliphatic carbocycles. The van der Waals surface area contributed by atoms with Gasteiger partial charge < -0.3 is 14.6 Å². The largest absolute Gasteiger partial charge is 0.468 e. The Balaban J connectivity index is 1.87. The van der Waals surface area contributed by atoms with E-state index in [1.54, 1.807) is 0 Å². The molecule has 4 nitrogen and oxygen atoms in total. The van der Waals surface area contributed by atoms with Crippen molar-refractivity contribution < 1.29 is 4.42 Å². The van der Waals surface area contributed by atoms with Crippen molar-refractivity contribution in [2.75, 3.05) is 33.2 Å². The topological polar surface area (TPSA) is 31.7 Å². The van der Waals surface area contributed by atoms with Crippen molar-refractivity contribution in [2.45, 2.75) is 33.0 Å². The molecule has 4 heteroatoms. The minimum Gasteiger partial charge on any atom is -0.468 e. The summed E-state index contributed by atoms with van der Waals surface area (Å²) in [5, 5.41) is 3.41. The number of rotatable bonds is 5. The van der Waals surface area contributed by atoms with E-state index in [2.05, 4.69) is 42.1 Å². The summed E-state index contributed by atoms with van der Waals surface area (Å²) in [6.45, 7) is 10.8. The Kier molecular flexibility index (Phi) is 4.80. The van der Waals surface area contributed by atoms with Crippen LogP contribution < -0.4 is 5.32 Å². The normalized spacial score (nSPS) is 18.7. The summed E-state index contributed by atoms with van der Waals surface area (Å²) in [4.78, 5) is 4.89. The summed E-state index contributed by atoms with van der Waals surface area (Å²) in [5.74, 6) is 1.09. The molecular formula is C14H25N3O. The first-order chi connectivity index (χ1) is 8.65. The summed E-state index contributed by atoms with van der Waals surface area (Å²) < 4.78 is 5.58. The quantitative estimate of drug-likeness (QED) is 0.860. The van der Waals surface area contributed by atoms with Crippen LogP contribution in [-0.2, 0) is 13.1 Å². The first-order valence-corrected chi connectivity index (χ1v) is 6.84. The molecule has 0 spiro atoms. The predicted octanol–water partition coefficient (Wildman–Crippen LogP) is 1.52. The van der Waals surface area contributed by atoms with E-state index < -0.39 is 0 Å². The van der Waals surface area contributed by atoms with Crippen molar-refractivity contribution in [3.8, 4) is 0 Å². The number of furan rings is 1. The van der Waals surface area contributed by atoms with Gasteiger partial charge in [0.1, 0.15) is 5.76 Å². The third-order valence-electron chi connectivity index (χ3n) is 3.50. The summed E-state index contributed by atoms with van der Waals surface area (Å²) in [7, 11) is 2.19. The lowest BCUT2D eigenvalue weighted by Crippen LogP contribution is -2.44. The lowest BCUT2D eigenvalue weighted by atomic mass is 10.2. The van der Waals surface area contributed by atoms with Crippen LogP contribution in [0.5, 0.6) is 0 Å². The maximum absolute atomic E-state index is 5.58. The summed E-state index contributed by atoms with van der Waals surface area (Å²) in [6, 6.07) is 2.60. The third kappa shape index (κ3) is 3.83. The van der Waals surface area contributed by atoms with Gasteiger partial charge in [-0.15, -0.1) is 0 Å². The van der Waals surface area contributed by atoms with Gasteiger partial charge in [-0.25, -0.2) is 0 Å². The van der Waals surface area contributed by atoms with Crippen molar-refractivity contribution in [2.24, 2.45) is 0 Å². The van der Waals surface area contributed by atoms with Crippen LogP contribution in [0, 0.1) is 0 Å². The van der Waals surface area contributed by atoms with Gasteiger partial charge in [0.15, 0.2) is 0 Å². The summed E-state index contributed by atoms with van der Waals surface area (Å²) in [5.41, 5.74) is 1.33. The second-order valence-electron chi connectivity index (χ2n) is 5.48. The smallest absolute Gasteiger partial charge is 0.122 e. The molecule has 102 valence electrons. The average Bonchev–Trinajstić information content (AvgIpc) is 2.77. The van der Waals surface area contributed by atoms with Gasteiger partial charge in [0.2, 0.25) is 0 Å². The Morgan fingerprint density at radius 2 is 2.00 bits per heavy atom. The van der Waals surface area contributed by atoms with E-state index in [1.165, 1.54) is 5.56 Å². The molecule has 0 unspecified atom stereocenters. The molecule has 1 aromatic rings. The zero-order valence-electron chi connectivity index (χ0n) is 11.8. The van der Waals surface area contributed by atoms with E-state index in [0.29, 0.717) is 6.04 Å². The standard InChI is InChI=1S/C14H25N3O/c1-12(2)15-10-14-13(4-9-18-14)11-17-7-5-16(3)6-8-17/h4,9,12,15H,5-8,10-11H2,1-3H3. The molecule has 0 aromatic carbocycles. The van der Waals surface area contributed by atoms with Gasteiger partial charge in [0.25, 0.3) is 0 Å². The highest BCUT2D eigenvalue weighted by Gasteiger charge is 2.16. The fourth-order valence-corrected chi connectivity index (χ4v) is 2.21. The van der Waals surface area contributed by atoms with Crippen molar-refractivity contribution >= 4 is 0 Å². The molecule has 0 bridgehead atoms. The third-order valence-corrected chi connectivity index (χ3v) is 3.50. The molecule has 1 N–H and O–H groups in total. The van der Waals surface area contributed by atoms with Crippen LogP contribution in [-0.4, -0.2) is 49.1 Å². The molecule has 0 saturated carbocycles. The number of nitrogens with zero attached hydrogens (tertiary/aromatic N) is 2. The van der Waals surface area contributed by atoms with Crippen molar-refractivity contribution in [3.63, 3.8) is 0 Å². The van der Waals surface area contributed by atoms with Crippen molar-refractivity contribution in [1.82, 2.24) is 15.1 Å². The zero-order chi connectivity index (χ0) is 13.0. The summed E-state index contributed by atoms with van der Waals surface area (Å²) in [6.07, 6.45) is 1.81. The van der Waals surface area contributed by atoms with E-state index in [9.17, 15) is 0 Å². The molecule has 1 saturated heterocycles. The van der Waals surface area contributed by atoms with Crippen LogP contribution in [0.15, 0.2) is 16.7 Å². The van der Waals surface area contributed by atoms with Crippen LogP contribution in [0.4, 0.5) is 0 Å². The minimum atomic E-state index is 0.492. The van der Waals surface area contributed by atoms with Crippen molar-refractivity contribution in [1.29, 1.82) is 0 Å². The molecule has 1 fully saturated rings. The fourth-order valence-electron chi connectivity index (χ4n) is 2.21. The highest BCUT2D eigenvalue weighted by atomic mass is 16.3. The number of hydrogen-bond donors (Lipinski definition) is 1. The zero-order valence-corrected chi connectivity index (χ0v) is 11.8. The Labute approximate surface area is 110 Å². The Hall–Kier alpha value is -0.840. The first-order valence-electron chi connectivity index (χ1n) is 6.84. The van der Waals surface area contributed by atoms with Crippen LogP contribution >= 0.6 is 0 Å². The second-order valence-corrected chi connectivity index (χ2v) is 5.48. The van der Waals surface area contributed by atoms with Gasteiger partial charge in [0, 0.05) is 44.3 Å². The average molecular weight is 251 g/mol. The minimum absolute atomic E-state index is 0.492. The molecule has 0 amide bonds. The number of hydrogen-bond acceptors (Lipinski definition) is 4. The van der Waals surface area contributed by atoms with Crippen LogP contribution in [0.2, 0.25) is 0 Å². The Bertz CT molecular complexity index is 354. The van der Waals surface area contributed by atoms with E-state index >= 15 is 0 Å². The monoisotopic (exact) mass is 251 g/mol. The maximum atomic E-state index is 5.58. The first kappa shape index (κ1) is 13.6. The van der Waals surface area contributed by atoms with Gasteiger partial charge in [-0.3, -0.25) is 4.90 Å². The lowest BCUT2D eigenvalue weighted by Gasteiger charge is -2.32. The predicted molar refractivity (Wildman–Crippen MR) is 73.5 cm³/mol. The molecule has 2 rings (SSSR count). The second kappa shape index (κ2) is 6.36. The number of likely N-dealkylation sites (N-methyl/N-ethyl adjacent to an activating group) is 1. The van der Waals surface area contributed by atoms with Crippen LogP contribution in [0.25, 0.3) is 0 Å². The molecule has 1 aromatic heterocycles. The van der Waals surface area contributed by atoms with Gasteiger partial charge in [-0.1, -0.05) is 13.8 Å². The van der Waals surface area contributed by atoms with E-state index in [0.717, 1.165) is 45.0 Å².